The predicted molar refractivity (Wildman–Crippen MR) is 72.0 cm³/mol. The molecule has 1 aromatic rings. The maximum atomic E-state index is 5.79. The molecule has 1 rings (SSSR count). The smallest absolute Gasteiger partial charge is 0.134 e. The second-order valence-corrected chi connectivity index (χ2v) is 4.98. The molecule has 0 aliphatic rings. The van der Waals surface area contributed by atoms with Gasteiger partial charge in [-0.05, 0) is 31.8 Å². The second-order valence-electron chi connectivity index (χ2n) is 4.07. The molecule has 1 aromatic heterocycles. The van der Waals surface area contributed by atoms with Gasteiger partial charge in [-0.2, -0.15) is 11.8 Å². The van der Waals surface area contributed by atoms with Crippen molar-refractivity contribution < 1.29 is 0 Å². The van der Waals surface area contributed by atoms with Crippen LogP contribution in [0.3, 0.4) is 0 Å². The van der Waals surface area contributed by atoms with E-state index < -0.39 is 0 Å². The maximum Gasteiger partial charge on any atom is 0.134 e. The van der Waals surface area contributed by atoms with Crippen LogP contribution in [-0.2, 0) is 0 Å². The lowest BCUT2D eigenvalue weighted by atomic mass is 10.2. The summed E-state index contributed by atoms with van der Waals surface area (Å²) >= 11 is 1.86. The van der Waals surface area contributed by atoms with E-state index >= 15 is 0 Å². The van der Waals surface area contributed by atoms with Crippen molar-refractivity contribution in [1.29, 1.82) is 0 Å². The van der Waals surface area contributed by atoms with Crippen LogP contribution in [-0.4, -0.2) is 28.5 Å². The first-order valence-electron chi connectivity index (χ1n) is 5.38. The Kier molecular flexibility index (Phi) is 4.86. The number of aromatic nitrogens is 2. The molecule has 1 atom stereocenters. The van der Waals surface area contributed by atoms with Gasteiger partial charge in [0.1, 0.15) is 17.5 Å². The van der Waals surface area contributed by atoms with Gasteiger partial charge in [-0.3, -0.25) is 0 Å². The Balaban J connectivity index is 2.66. The van der Waals surface area contributed by atoms with Crippen molar-refractivity contribution in [1.82, 2.24) is 9.97 Å². The average molecular weight is 240 g/mol. The third-order valence-corrected chi connectivity index (χ3v) is 3.27. The number of nitrogens with one attached hydrogen (secondary N) is 1. The van der Waals surface area contributed by atoms with E-state index in [9.17, 15) is 0 Å². The SMILES string of the molecule is CSCC(C)CNc1nc(C)nc(N)c1C. The molecule has 0 radical (unpaired) electrons. The van der Waals surface area contributed by atoms with Gasteiger partial charge in [0, 0.05) is 12.1 Å². The molecule has 5 heteroatoms. The highest BCUT2D eigenvalue weighted by atomic mass is 32.2. The first-order chi connectivity index (χ1) is 7.54. The zero-order valence-electron chi connectivity index (χ0n) is 10.4. The maximum absolute atomic E-state index is 5.79. The van der Waals surface area contributed by atoms with Gasteiger partial charge in [0.25, 0.3) is 0 Å². The van der Waals surface area contributed by atoms with Crippen molar-refractivity contribution in [3.63, 3.8) is 0 Å². The molecule has 0 fully saturated rings. The van der Waals surface area contributed by atoms with Crippen molar-refractivity contribution >= 4 is 23.4 Å². The highest BCUT2D eigenvalue weighted by molar-refractivity contribution is 7.98. The molecule has 1 unspecified atom stereocenters. The molecule has 0 aliphatic heterocycles. The third-order valence-electron chi connectivity index (χ3n) is 2.36. The lowest BCUT2D eigenvalue weighted by Crippen LogP contribution is -2.16. The second kappa shape index (κ2) is 5.94. The normalized spacial score (nSPS) is 12.5. The fraction of sp³-hybridized carbons (Fsp3) is 0.636. The Hall–Kier alpha value is -0.970. The number of nitrogen functional groups attached to an aromatic ring is 1. The molecule has 0 spiro atoms. The van der Waals surface area contributed by atoms with Gasteiger partial charge in [-0.25, -0.2) is 9.97 Å². The summed E-state index contributed by atoms with van der Waals surface area (Å²) in [6.45, 7) is 6.93. The van der Waals surface area contributed by atoms with Gasteiger partial charge < -0.3 is 11.1 Å². The minimum atomic E-state index is 0.563. The summed E-state index contributed by atoms with van der Waals surface area (Å²) in [4.78, 5) is 8.48. The third kappa shape index (κ3) is 3.56. The highest BCUT2D eigenvalue weighted by Gasteiger charge is 2.07. The molecule has 0 saturated carbocycles. The Labute approximate surface area is 101 Å². The predicted octanol–water partition coefficient (Wildman–Crippen LogP) is 2.09. The standard InChI is InChI=1S/C11H20N4S/c1-7(6-16-4)5-13-11-8(2)10(12)14-9(3)15-11/h7H,5-6H2,1-4H3,(H3,12,13,14,15). The number of rotatable bonds is 5. The number of anilines is 2. The van der Waals surface area contributed by atoms with E-state index in [1.54, 1.807) is 0 Å². The molecule has 3 N–H and O–H groups in total. The van der Waals surface area contributed by atoms with E-state index in [0.29, 0.717) is 17.6 Å². The quantitative estimate of drug-likeness (QED) is 0.825. The molecule has 16 heavy (non-hydrogen) atoms. The molecule has 90 valence electrons. The zero-order chi connectivity index (χ0) is 12.1. The highest BCUT2D eigenvalue weighted by Crippen LogP contribution is 2.17. The first kappa shape index (κ1) is 13.1. The summed E-state index contributed by atoms with van der Waals surface area (Å²) in [6, 6.07) is 0. The van der Waals surface area contributed by atoms with Crippen LogP contribution in [0.1, 0.15) is 18.3 Å². The van der Waals surface area contributed by atoms with E-state index in [2.05, 4.69) is 28.5 Å². The summed E-state index contributed by atoms with van der Waals surface area (Å²) < 4.78 is 0. The van der Waals surface area contributed by atoms with Crippen LogP contribution in [0, 0.1) is 19.8 Å². The van der Waals surface area contributed by atoms with Crippen LogP contribution >= 0.6 is 11.8 Å². The summed E-state index contributed by atoms with van der Waals surface area (Å²) in [5, 5.41) is 3.33. The van der Waals surface area contributed by atoms with E-state index in [-0.39, 0.29) is 0 Å². The molecule has 0 bridgehead atoms. The molecule has 0 aromatic carbocycles. The molecule has 0 aliphatic carbocycles. The molecule has 1 heterocycles. The summed E-state index contributed by atoms with van der Waals surface area (Å²) in [5.41, 5.74) is 6.72. The van der Waals surface area contributed by atoms with E-state index in [0.717, 1.165) is 23.7 Å². The zero-order valence-corrected chi connectivity index (χ0v) is 11.2. The van der Waals surface area contributed by atoms with Crippen molar-refractivity contribution in [2.24, 2.45) is 5.92 Å². The molecule has 4 nitrogen and oxygen atoms in total. The molecule has 0 saturated heterocycles. The first-order valence-corrected chi connectivity index (χ1v) is 6.77. The molecular formula is C11H20N4S. The largest absolute Gasteiger partial charge is 0.383 e. The lowest BCUT2D eigenvalue weighted by molar-refractivity contribution is 0.698. The lowest BCUT2D eigenvalue weighted by Gasteiger charge is -2.14. The van der Waals surface area contributed by atoms with Gasteiger partial charge in [0.15, 0.2) is 0 Å². The van der Waals surface area contributed by atoms with E-state index in [1.165, 1.54) is 0 Å². The summed E-state index contributed by atoms with van der Waals surface area (Å²) in [5.74, 6) is 3.89. The van der Waals surface area contributed by atoms with Gasteiger partial charge in [0.05, 0.1) is 0 Å². The van der Waals surface area contributed by atoms with Crippen LogP contribution in [0.15, 0.2) is 0 Å². The van der Waals surface area contributed by atoms with Crippen LogP contribution in [0.4, 0.5) is 11.6 Å². The van der Waals surface area contributed by atoms with Gasteiger partial charge in [-0.1, -0.05) is 6.92 Å². The average Bonchev–Trinajstić information content (AvgIpc) is 2.21. The number of nitrogens with two attached hydrogens (primary N) is 1. The van der Waals surface area contributed by atoms with E-state index in [1.807, 2.05) is 25.6 Å². The number of hydrogen-bond acceptors (Lipinski definition) is 5. The Morgan fingerprint density at radius 3 is 2.69 bits per heavy atom. The minimum absolute atomic E-state index is 0.563. The Morgan fingerprint density at radius 1 is 1.38 bits per heavy atom. The van der Waals surface area contributed by atoms with Crippen molar-refractivity contribution in [2.45, 2.75) is 20.8 Å². The van der Waals surface area contributed by atoms with Gasteiger partial charge >= 0.3 is 0 Å². The van der Waals surface area contributed by atoms with Gasteiger partial charge in [0.2, 0.25) is 0 Å². The Bertz CT molecular complexity index is 354. The van der Waals surface area contributed by atoms with Crippen LogP contribution in [0.5, 0.6) is 0 Å². The monoisotopic (exact) mass is 240 g/mol. The van der Waals surface area contributed by atoms with Crippen LogP contribution in [0.2, 0.25) is 0 Å². The van der Waals surface area contributed by atoms with E-state index in [4.69, 9.17) is 5.73 Å². The van der Waals surface area contributed by atoms with Crippen LogP contribution in [0.25, 0.3) is 0 Å². The molecule has 0 amide bonds. The topological polar surface area (TPSA) is 63.8 Å². The number of hydrogen-bond donors (Lipinski definition) is 2. The number of aryl methyl sites for hydroxylation is 1. The van der Waals surface area contributed by atoms with Crippen molar-refractivity contribution in [2.75, 3.05) is 29.6 Å². The number of thioether (sulfide) groups is 1. The van der Waals surface area contributed by atoms with Gasteiger partial charge in [-0.15, -0.1) is 0 Å². The fourth-order valence-electron chi connectivity index (χ4n) is 1.44. The van der Waals surface area contributed by atoms with Crippen LogP contribution < -0.4 is 11.1 Å². The Morgan fingerprint density at radius 2 is 2.06 bits per heavy atom. The summed E-state index contributed by atoms with van der Waals surface area (Å²) in [7, 11) is 0. The minimum Gasteiger partial charge on any atom is -0.383 e. The summed E-state index contributed by atoms with van der Waals surface area (Å²) in [6.07, 6.45) is 2.12. The number of nitrogens with zero attached hydrogens (tertiary/aromatic N) is 2. The molecular weight excluding hydrogens is 220 g/mol. The fourth-order valence-corrected chi connectivity index (χ4v) is 2.12. The van der Waals surface area contributed by atoms with Crippen molar-refractivity contribution in [3.8, 4) is 0 Å². The van der Waals surface area contributed by atoms with Crippen molar-refractivity contribution in [3.05, 3.63) is 11.4 Å².